The number of hydrogen-bond donors (Lipinski definition) is 1. The van der Waals surface area contributed by atoms with E-state index >= 15 is 0 Å². The van der Waals surface area contributed by atoms with Crippen LogP contribution in [0.1, 0.15) is 35.4 Å². The van der Waals surface area contributed by atoms with Crippen LogP contribution in [0.2, 0.25) is 0 Å². The molecule has 1 fully saturated rings. The largest absolute Gasteiger partial charge is 0.493 e. The zero-order chi connectivity index (χ0) is 15.5. The van der Waals surface area contributed by atoms with E-state index in [9.17, 15) is 4.79 Å². The van der Waals surface area contributed by atoms with Crippen LogP contribution in [0.3, 0.4) is 0 Å². The minimum Gasteiger partial charge on any atom is -0.493 e. The summed E-state index contributed by atoms with van der Waals surface area (Å²) in [4.78, 5) is 14.5. The third kappa shape index (κ3) is 2.68. The summed E-state index contributed by atoms with van der Waals surface area (Å²) in [6.07, 6.45) is 3.34. The summed E-state index contributed by atoms with van der Waals surface area (Å²) in [5.41, 5.74) is 1.75. The highest BCUT2D eigenvalue weighted by molar-refractivity contribution is 5.98. The number of ether oxygens (including phenoxy) is 1. The van der Waals surface area contributed by atoms with Gasteiger partial charge in [0.25, 0.3) is 5.91 Å². The molecule has 2 aromatic rings. The minimum absolute atomic E-state index is 0.0200. The second-order valence-electron chi connectivity index (χ2n) is 5.66. The van der Waals surface area contributed by atoms with Gasteiger partial charge in [-0.25, -0.2) is 0 Å². The van der Waals surface area contributed by atoms with E-state index in [1.165, 1.54) is 6.42 Å². The lowest BCUT2D eigenvalue weighted by molar-refractivity contribution is 0.0694. The van der Waals surface area contributed by atoms with E-state index in [1.807, 2.05) is 30.1 Å². The quantitative estimate of drug-likeness (QED) is 0.943. The molecule has 2 heterocycles. The molecule has 0 spiro atoms. The maximum atomic E-state index is 12.6. The lowest BCUT2D eigenvalue weighted by Crippen LogP contribution is -2.35. The number of methoxy groups -OCH3 is 1. The van der Waals surface area contributed by atoms with Crippen LogP contribution in [0.25, 0.3) is 11.0 Å². The molecule has 1 aromatic heterocycles. The Morgan fingerprint density at radius 1 is 1.32 bits per heavy atom. The number of carbonyl (C=O) groups is 1. The molecule has 22 heavy (non-hydrogen) atoms. The molecule has 1 amide bonds. The first-order chi connectivity index (χ1) is 10.7. The molecule has 1 saturated heterocycles. The highest BCUT2D eigenvalue weighted by Gasteiger charge is 2.23. The first kappa shape index (κ1) is 14.9. The van der Waals surface area contributed by atoms with Crippen LogP contribution >= 0.6 is 0 Å². The molecule has 118 valence electrons. The Labute approximate surface area is 130 Å². The average molecular weight is 302 g/mol. The minimum atomic E-state index is -0.0200. The van der Waals surface area contributed by atoms with Crippen molar-refractivity contribution in [2.75, 3.05) is 27.2 Å². The van der Waals surface area contributed by atoms with Gasteiger partial charge in [-0.3, -0.25) is 4.79 Å². The molecule has 0 radical (unpaired) electrons. The number of amides is 1. The molecule has 5 heteroatoms. The second-order valence-corrected chi connectivity index (χ2v) is 5.66. The van der Waals surface area contributed by atoms with Crippen molar-refractivity contribution in [1.29, 1.82) is 0 Å². The topological polar surface area (TPSA) is 54.7 Å². The normalized spacial score (nSPS) is 15.3. The lowest BCUT2D eigenvalue weighted by atomic mass is 10.1. The fraction of sp³-hybridized carbons (Fsp3) is 0.471. The zero-order valence-corrected chi connectivity index (χ0v) is 13.1. The lowest BCUT2D eigenvalue weighted by Gasteiger charge is -2.25. The summed E-state index contributed by atoms with van der Waals surface area (Å²) in [5.74, 6) is 1.04. The summed E-state index contributed by atoms with van der Waals surface area (Å²) in [6, 6.07) is 5.73. The molecule has 1 aliphatic heterocycles. The molecular formula is C17H22N2O3. The fourth-order valence-electron chi connectivity index (χ4n) is 3.02. The molecule has 1 aromatic carbocycles. The van der Waals surface area contributed by atoms with Crippen LogP contribution in [-0.2, 0) is 6.54 Å². The third-order valence-electron chi connectivity index (χ3n) is 4.18. The van der Waals surface area contributed by atoms with Gasteiger partial charge in [0.1, 0.15) is 0 Å². The van der Waals surface area contributed by atoms with Gasteiger partial charge in [-0.15, -0.1) is 0 Å². The van der Waals surface area contributed by atoms with Gasteiger partial charge in [0.05, 0.1) is 7.11 Å². The maximum absolute atomic E-state index is 12.6. The number of likely N-dealkylation sites (tertiary alicyclic amines) is 1. The van der Waals surface area contributed by atoms with Crippen molar-refractivity contribution in [3.05, 3.63) is 29.5 Å². The molecule has 0 unspecified atom stereocenters. The number of fused-ring (bicyclic) bond motifs is 1. The predicted octanol–water partition coefficient (Wildman–Crippen LogP) is 2.79. The zero-order valence-electron chi connectivity index (χ0n) is 13.1. The van der Waals surface area contributed by atoms with E-state index in [2.05, 4.69) is 5.32 Å². The first-order valence-corrected chi connectivity index (χ1v) is 7.78. The van der Waals surface area contributed by atoms with Gasteiger partial charge in [0, 0.05) is 25.0 Å². The highest BCUT2D eigenvalue weighted by atomic mass is 16.5. The Balaban J connectivity index is 2.00. The van der Waals surface area contributed by atoms with Crippen molar-refractivity contribution in [2.24, 2.45) is 0 Å². The van der Waals surface area contributed by atoms with Crippen molar-refractivity contribution in [2.45, 2.75) is 25.8 Å². The molecular weight excluding hydrogens is 280 g/mol. The Kier molecular flexibility index (Phi) is 4.34. The van der Waals surface area contributed by atoms with Crippen LogP contribution in [0.4, 0.5) is 0 Å². The molecule has 0 bridgehead atoms. The van der Waals surface area contributed by atoms with Crippen LogP contribution in [0.5, 0.6) is 5.75 Å². The smallest absolute Gasteiger partial charge is 0.289 e. The molecule has 3 rings (SSSR count). The van der Waals surface area contributed by atoms with E-state index < -0.39 is 0 Å². The van der Waals surface area contributed by atoms with E-state index in [0.717, 1.165) is 43.4 Å². The summed E-state index contributed by atoms with van der Waals surface area (Å²) in [6.45, 7) is 2.35. The van der Waals surface area contributed by atoms with Gasteiger partial charge < -0.3 is 19.4 Å². The van der Waals surface area contributed by atoms with Crippen molar-refractivity contribution in [3.63, 3.8) is 0 Å². The Morgan fingerprint density at radius 3 is 2.77 bits per heavy atom. The fourth-order valence-corrected chi connectivity index (χ4v) is 3.02. The molecule has 5 nitrogen and oxygen atoms in total. The van der Waals surface area contributed by atoms with Gasteiger partial charge in [0.2, 0.25) is 0 Å². The van der Waals surface area contributed by atoms with Crippen molar-refractivity contribution in [3.8, 4) is 5.75 Å². The summed E-state index contributed by atoms with van der Waals surface area (Å²) in [5, 5.41) is 4.08. The van der Waals surface area contributed by atoms with Gasteiger partial charge >= 0.3 is 0 Å². The molecule has 1 aliphatic rings. The van der Waals surface area contributed by atoms with E-state index in [0.29, 0.717) is 17.1 Å². The third-order valence-corrected chi connectivity index (χ3v) is 4.18. The molecule has 0 atom stereocenters. The summed E-state index contributed by atoms with van der Waals surface area (Å²) in [7, 11) is 3.51. The van der Waals surface area contributed by atoms with Crippen LogP contribution < -0.4 is 10.1 Å². The van der Waals surface area contributed by atoms with E-state index in [-0.39, 0.29) is 5.91 Å². The van der Waals surface area contributed by atoms with Crippen LogP contribution in [0.15, 0.2) is 22.6 Å². The number of nitrogens with zero attached hydrogens (tertiary/aromatic N) is 1. The number of piperidine rings is 1. The first-order valence-electron chi connectivity index (χ1n) is 7.78. The average Bonchev–Trinajstić information content (AvgIpc) is 3.01. The van der Waals surface area contributed by atoms with Crippen molar-refractivity contribution < 1.29 is 13.9 Å². The SMILES string of the molecule is CNCc1ccc(OC)c2oc(C(=O)N3CCCCC3)cc12. The van der Waals surface area contributed by atoms with Gasteiger partial charge in [-0.05, 0) is 44.0 Å². The van der Waals surface area contributed by atoms with Crippen molar-refractivity contribution in [1.82, 2.24) is 10.2 Å². The number of carbonyl (C=O) groups excluding carboxylic acids is 1. The number of nitrogens with one attached hydrogen (secondary N) is 1. The summed E-state index contributed by atoms with van der Waals surface area (Å²) >= 11 is 0. The van der Waals surface area contributed by atoms with Crippen LogP contribution in [0, 0.1) is 0 Å². The maximum Gasteiger partial charge on any atom is 0.289 e. The molecule has 0 saturated carbocycles. The number of rotatable bonds is 4. The molecule has 0 aliphatic carbocycles. The predicted molar refractivity (Wildman–Crippen MR) is 85.3 cm³/mol. The van der Waals surface area contributed by atoms with E-state index in [4.69, 9.17) is 9.15 Å². The standard InChI is InChI=1S/C17H22N2O3/c1-18-11-12-6-7-14(21-2)16-13(12)10-15(22-16)17(20)19-8-4-3-5-9-19/h6-7,10,18H,3-5,8-9,11H2,1-2H3. The van der Waals surface area contributed by atoms with Gasteiger partial charge in [0.15, 0.2) is 17.1 Å². The number of hydrogen-bond acceptors (Lipinski definition) is 4. The Hall–Kier alpha value is -2.01. The van der Waals surface area contributed by atoms with Crippen LogP contribution in [-0.4, -0.2) is 38.1 Å². The van der Waals surface area contributed by atoms with Gasteiger partial charge in [-0.2, -0.15) is 0 Å². The Morgan fingerprint density at radius 2 is 2.09 bits per heavy atom. The molecule has 1 N–H and O–H groups in total. The monoisotopic (exact) mass is 302 g/mol. The number of benzene rings is 1. The van der Waals surface area contributed by atoms with Crippen molar-refractivity contribution >= 4 is 16.9 Å². The van der Waals surface area contributed by atoms with E-state index in [1.54, 1.807) is 7.11 Å². The summed E-state index contributed by atoms with van der Waals surface area (Å²) < 4.78 is 11.2. The van der Waals surface area contributed by atoms with Gasteiger partial charge in [-0.1, -0.05) is 6.07 Å². The number of furan rings is 1. The highest BCUT2D eigenvalue weighted by Crippen LogP contribution is 2.32. The Bertz CT molecular complexity index is 672. The second kappa shape index (κ2) is 6.40.